The summed E-state index contributed by atoms with van der Waals surface area (Å²) in [6.45, 7) is 7.09. The first-order valence-corrected chi connectivity index (χ1v) is 14.8. The predicted octanol–water partition coefficient (Wildman–Crippen LogP) is 5.40. The van der Waals surface area contributed by atoms with Crippen molar-refractivity contribution in [1.29, 1.82) is 0 Å². The lowest BCUT2D eigenvalue weighted by Crippen LogP contribution is -2.35. The Morgan fingerprint density at radius 3 is 2.28 bits per heavy atom. The molecule has 1 aliphatic rings. The van der Waals surface area contributed by atoms with Crippen LogP contribution in [-0.2, 0) is 25.0 Å². The number of nitrogens with zero attached hydrogens (tertiary/aromatic N) is 1. The second-order valence-corrected chi connectivity index (χ2v) is 11.7. The van der Waals surface area contributed by atoms with Crippen LogP contribution in [0.15, 0.2) is 70.4 Å². The molecule has 2 N–H and O–H groups in total. The third-order valence-electron chi connectivity index (χ3n) is 6.55. The van der Waals surface area contributed by atoms with E-state index in [2.05, 4.69) is 10.1 Å². The van der Waals surface area contributed by atoms with E-state index in [1.165, 1.54) is 29.0 Å². The molecular weight excluding hydrogens is 590 g/mol. The molecule has 10 nitrogen and oxygen atoms in total. The van der Waals surface area contributed by atoms with Crippen molar-refractivity contribution in [2.75, 3.05) is 6.61 Å². The van der Waals surface area contributed by atoms with Crippen molar-refractivity contribution in [1.82, 2.24) is 14.6 Å². The number of esters is 1. The number of ether oxygens (including phenoxy) is 2. The van der Waals surface area contributed by atoms with E-state index >= 15 is 0 Å². The number of hydrogen-bond acceptors (Lipinski definition) is 8. The summed E-state index contributed by atoms with van der Waals surface area (Å²) in [4.78, 5) is 38.4. The van der Waals surface area contributed by atoms with Gasteiger partial charge in [-0.1, -0.05) is 31.2 Å². The van der Waals surface area contributed by atoms with Gasteiger partial charge in [0.1, 0.15) is 18.0 Å². The van der Waals surface area contributed by atoms with Gasteiger partial charge in [0, 0.05) is 18.2 Å². The van der Waals surface area contributed by atoms with Gasteiger partial charge in [-0.25, -0.2) is 9.88 Å². The molecule has 1 aliphatic heterocycles. The lowest BCUT2D eigenvalue weighted by Gasteiger charge is -2.24. The zero-order valence-electron chi connectivity index (χ0n) is 24.0. The van der Waals surface area contributed by atoms with Crippen LogP contribution in [0.5, 0.6) is 5.75 Å². The van der Waals surface area contributed by atoms with Crippen LogP contribution in [-0.4, -0.2) is 40.4 Å². The Morgan fingerprint density at radius 1 is 1.07 bits per heavy atom. The van der Waals surface area contributed by atoms with Crippen molar-refractivity contribution < 1.29 is 36.5 Å². The fraction of sp³-hybridized carbons (Fsp3) is 0.414. The Balaban J connectivity index is 1.44. The molecule has 1 fully saturated rings. The third-order valence-corrected chi connectivity index (χ3v) is 7.91. The molecule has 1 aromatic heterocycles. The Morgan fingerprint density at radius 2 is 1.70 bits per heavy atom. The Hall–Kier alpha value is -3.51. The lowest BCUT2D eigenvalue weighted by atomic mass is 10.0. The number of aromatic amines is 1. The largest absolute Gasteiger partial charge is 0.462 e. The van der Waals surface area contributed by atoms with Gasteiger partial charge >= 0.3 is 26.4 Å². The number of carbonyl (C=O) groups excluding carboxylic acids is 1. The molecule has 0 bridgehead atoms. The lowest BCUT2D eigenvalue weighted by molar-refractivity contribution is -0.149. The Kier molecular flexibility index (Phi) is 10.4. The predicted molar refractivity (Wildman–Crippen MR) is 153 cm³/mol. The average molecular weight is 624 g/mol. The van der Waals surface area contributed by atoms with Crippen LogP contribution in [0.2, 0.25) is 0 Å². The van der Waals surface area contributed by atoms with Gasteiger partial charge < -0.3 is 18.5 Å². The smallest absolute Gasteiger partial charge is 0.416 e. The molecule has 3 aromatic rings. The summed E-state index contributed by atoms with van der Waals surface area (Å²) in [5.74, 6) is -0.150. The fourth-order valence-corrected chi connectivity index (χ4v) is 5.65. The number of alkyl halides is 3. The second-order valence-electron chi connectivity index (χ2n) is 10.5. The molecule has 0 saturated carbocycles. The molecule has 0 spiro atoms. The van der Waals surface area contributed by atoms with Gasteiger partial charge in [0.2, 0.25) is 0 Å². The number of nitrogens with one attached hydrogen (secondary N) is 2. The molecule has 4 rings (SSSR count). The summed E-state index contributed by atoms with van der Waals surface area (Å²) in [7, 11) is -1.90. The van der Waals surface area contributed by atoms with E-state index in [0.29, 0.717) is 23.3 Å². The van der Waals surface area contributed by atoms with Crippen molar-refractivity contribution in [2.24, 2.45) is 5.92 Å². The first kappa shape index (κ1) is 32.4. The summed E-state index contributed by atoms with van der Waals surface area (Å²) in [6, 6.07) is 12.0. The van der Waals surface area contributed by atoms with E-state index < -0.39 is 55.9 Å². The average Bonchev–Trinajstić information content (AvgIpc) is 3.31. The number of halogens is 3. The fourth-order valence-electron chi connectivity index (χ4n) is 4.43. The summed E-state index contributed by atoms with van der Waals surface area (Å²) in [6.07, 6.45) is -3.79. The molecule has 2 aromatic carbocycles. The maximum absolute atomic E-state index is 12.9. The zero-order chi connectivity index (χ0) is 31.3. The molecule has 1 saturated heterocycles. The van der Waals surface area contributed by atoms with Gasteiger partial charge in [-0.3, -0.25) is 19.1 Å². The van der Waals surface area contributed by atoms with Crippen molar-refractivity contribution >= 4 is 14.5 Å². The quantitative estimate of drug-likeness (QED) is 0.215. The minimum absolute atomic E-state index is 0.0602. The van der Waals surface area contributed by atoms with Crippen LogP contribution in [0.25, 0.3) is 11.1 Å². The van der Waals surface area contributed by atoms with Crippen molar-refractivity contribution in [3.05, 3.63) is 87.2 Å². The van der Waals surface area contributed by atoms with Crippen LogP contribution in [0.4, 0.5) is 13.2 Å². The van der Waals surface area contributed by atoms with Gasteiger partial charge in [0.05, 0.1) is 24.4 Å². The minimum atomic E-state index is -4.42. The van der Waals surface area contributed by atoms with E-state index in [4.69, 9.17) is 18.5 Å². The molecule has 14 heteroatoms. The van der Waals surface area contributed by atoms with Crippen LogP contribution < -0.4 is 20.9 Å². The molecule has 0 radical (unpaired) electrons. The highest BCUT2D eigenvalue weighted by atomic mass is 31.2. The summed E-state index contributed by atoms with van der Waals surface area (Å²) < 4.78 is 63.5. The first-order chi connectivity index (χ1) is 20.3. The van der Waals surface area contributed by atoms with Crippen LogP contribution >= 0.6 is 8.53 Å². The first-order valence-electron chi connectivity index (χ1n) is 13.6. The SMILES string of the molecule is CC(C)OC(=O)[C@H](C)NP(OCC1CC(C)C(n2ccc(=O)[nH]c2=O)O1)Oc1ccc(-c2ccc(C(F)(F)F)cc2)cc1. The van der Waals surface area contributed by atoms with Gasteiger partial charge in [-0.05, 0) is 62.6 Å². The maximum atomic E-state index is 12.9. The molecule has 2 heterocycles. The van der Waals surface area contributed by atoms with E-state index in [1.807, 2.05) is 6.92 Å². The van der Waals surface area contributed by atoms with E-state index in [9.17, 15) is 27.6 Å². The van der Waals surface area contributed by atoms with Gasteiger partial charge in [0.25, 0.3) is 5.56 Å². The topological polar surface area (TPSA) is 121 Å². The van der Waals surface area contributed by atoms with Crippen LogP contribution in [0.3, 0.4) is 0 Å². The third kappa shape index (κ3) is 8.76. The Bertz CT molecular complexity index is 1490. The number of carbonyl (C=O) groups is 1. The summed E-state index contributed by atoms with van der Waals surface area (Å²) >= 11 is 0. The number of hydrogen-bond donors (Lipinski definition) is 2. The van der Waals surface area contributed by atoms with Gasteiger partial charge in [0.15, 0.2) is 0 Å². The molecule has 43 heavy (non-hydrogen) atoms. The van der Waals surface area contributed by atoms with Crippen LogP contribution in [0.1, 0.15) is 45.9 Å². The monoisotopic (exact) mass is 623 g/mol. The van der Waals surface area contributed by atoms with Gasteiger partial charge in [-0.2, -0.15) is 13.2 Å². The van der Waals surface area contributed by atoms with Gasteiger partial charge in [-0.15, -0.1) is 0 Å². The highest BCUT2D eigenvalue weighted by Crippen LogP contribution is 2.40. The maximum Gasteiger partial charge on any atom is 0.416 e. The number of benzene rings is 2. The van der Waals surface area contributed by atoms with Crippen molar-refractivity contribution in [3.8, 4) is 16.9 Å². The van der Waals surface area contributed by atoms with Crippen LogP contribution in [0, 0.1) is 5.92 Å². The molecule has 4 unspecified atom stereocenters. The Labute approximate surface area is 247 Å². The highest BCUT2D eigenvalue weighted by Gasteiger charge is 2.35. The second kappa shape index (κ2) is 13.9. The van der Waals surface area contributed by atoms with E-state index in [1.54, 1.807) is 45.0 Å². The molecule has 232 valence electrons. The molecule has 5 atom stereocenters. The summed E-state index contributed by atoms with van der Waals surface area (Å²) in [5, 5.41) is 3.02. The normalized spacial score (nSPS) is 20.1. The van der Waals surface area contributed by atoms with Crippen molar-refractivity contribution in [2.45, 2.75) is 64.8 Å². The standard InChI is InChI=1S/C29H33F3N3O7P/c1-17(2)40-27(37)19(4)34-43(39-16-24-15-18(3)26(41-24)35-14-13-25(36)33-28(35)38)42-23-11-7-21(8-12-23)20-5-9-22(10-6-20)29(30,31)32/h5-14,17-19,24,26,34H,15-16H2,1-4H3,(H,33,36,38)/t18?,19-,24?,26?,43?/m0/s1. The highest BCUT2D eigenvalue weighted by molar-refractivity contribution is 7.45. The molecular formula is C29H33F3N3O7P. The number of rotatable bonds is 11. The van der Waals surface area contributed by atoms with Crippen molar-refractivity contribution in [3.63, 3.8) is 0 Å². The number of aromatic nitrogens is 2. The summed E-state index contributed by atoms with van der Waals surface area (Å²) in [5.41, 5.74) is -0.517. The zero-order valence-corrected chi connectivity index (χ0v) is 24.9. The molecule has 0 amide bonds. The van der Waals surface area contributed by atoms with E-state index in [-0.39, 0.29) is 18.6 Å². The number of H-pyrrole nitrogens is 1. The minimum Gasteiger partial charge on any atom is -0.462 e. The van der Waals surface area contributed by atoms with E-state index in [0.717, 1.165) is 12.1 Å². The molecule has 0 aliphatic carbocycles.